The topological polar surface area (TPSA) is 163 Å². The van der Waals surface area contributed by atoms with E-state index in [2.05, 4.69) is 6.92 Å². The standard InChI is InChI=1S/C29H42O10/c1-15-22(32)23(33)24(34)25(38-15)39-17-3-8-27(14-30)19-4-7-26(2)18(16-11-21(31)37-13-16)6-10-29(26,36)20(19)5-9-28(27,35)12-17/h11,14-15,17-20,22-25,32-36H,3-10,12-13H2,1-2H3/t15-,17-,18+,19+,20-,22-,23-,24-,25-,26-,27+,28+,29+/m1/s1. The van der Waals surface area contributed by atoms with Crippen molar-refractivity contribution in [3.63, 3.8) is 0 Å². The van der Waals surface area contributed by atoms with Crippen LogP contribution in [0, 0.1) is 28.6 Å². The number of fused-ring (bicyclic) bond motifs is 5. The van der Waals surface area contributed by atoms with E-state index >= 15 is 0 Å². The molecular weight excluding hydrogens is 508 g/mol. The van der Waals surface area contributed by atoms with E-state index in [0.29, 0.717) is 44.9 Å². The van der Waals surface area contributed by atoms with E-state index in [0.717, 1.165) is 18.3 Å². The molecule has 10 heteroatoms. The summed E-state index contributed by atoms with van der Waals surface area (Å²) in [5.41, 5.74) is -2.86. The van der Waals surface area contributed by atoms with Gasteiger partial charge in [0.2, 0.25) is 0 Å². The van der Waals surface area contributed by atoms with E-state index in [-0.39, 0.29) is 36.8 Å². The fourth-order valence-electron chi connectivity index (χ4n) is 9.75. The normalized spacial score (nSPS) is 55.2. The summed E-state index contributed by atoms with van der Waals surface area (Å²) in [6, 6.07) is 0. The second-order valence-electron chi connectivity index (χ2n) is 13.4. The predicted molar refractivity (Wildman–Crippen MR) is 135 cm³/mol. The highest BCUT2D eigenvalue weighted by atomic mass is 16.7. The third kappa shape index (κ3) is 3.78. The van der Waals surface area contributed by atoms with E-state index in [1.54, 1.807) is 13.0 Å². The highest BCUT2D eigenvalue weighted by molar-refractivity contribution is 5.85. The van der Waals surface area contributed by atoms with Crippen LogP contribution in [0.2, 0.25) is 0 Å². The van der Waals surface area contributed by atoms with E-state index < -0.39 is 58.8 Å². The summed E-state index contributed by atoms with van der Waals surface area (Å²) in [7, 11) is 0. The molecule has 0 aromatic carbocycles. The van der Waals surface area contributed by atoms with Crippen LogP contribution in [0.4, 0.5) is 0 Å². The Bertz CT molecular complexity index is 1050. The van der Waals surface area contributed by atoms with Gasteiger partial charge in [0, 0.05) is 17.9 Å². The molecule has 13 atom stereocenters. The smallest absolute Gasteiger partial charge is 0.331 e. The molecule has 0 bridgehead atoms. The number of esters is 1. The quantitative estimate of drug-likeness (QED) is 0.192. The Labute approximate surface area is 228 Å². The van der Waals surface area contributed by atoms with Gasteiger partial charge in [-0.2, -0.15) is 0 Å². The molecule has 0 radical (unpaired) electrons. The van der Waals surface area contributed by atoms with Crippen molar-refractivity contribution in [2.45, 2.75) is 120 Å². The number of aldehydes is 1. The summed E-state index contributed by atoms with van der Waals surface area (Å²) in [6.45, 7) is 3.98. The number of hydrogen-bond donors (Lipinski definition) is 5. The molecule has 0 spiro atoms. The minimum absolute atomic E-state index is 0.0465. The van der Waals surface area contributed by atoms with E-state index in [9.17, 15) is 35.1 Å². The second kappa shape index (κ2) is 9.31. The monoisotopic (exact) mass is 550 g/mol. The molecule has 10 nitrogen and oxygen atoms in total. The van der Waals surface area contributed by atoms with Gasteiger partial charge in [-0.05, 0) is 81.6 Å². The molecule has 5 N–H and O–H groups in total. The number of ether oxygens (including phenoxy) is 3. The maximum absolute atomic E-state index is 13.0. The number of cyclic esters (lactones) is 1. The number of carbonyl (C=O) groups is 2. The zero-order valence-electron chi connectivity index (χ0n) is 22.7. The van der Waals surface area contributed by atoms with Crippen molar-refractivity contribution in [1.82, 2.24) is 0 Å². The van der Waals surface area contributed by atoms with E-state index in [1.807, 2.05) is 0 Å². The summed E-state index contributed by atoms with van der Waals surface area (Å²) < 4.78 is 16.9. The first-order chi connectivity index (χ1) is 18.4. The van der Waals surface area contributed by atoms with Crippen molar-refractivity contribution in [1.29, 1.82) is 0 Å². The van der Waals surface area contributed by atoms with Gasteiger partial charge in [-0.25, -0.2) is 4.79 Å². The van der Waals surface area contributed by atoms with Crippen molar-refractivity contribution in [2.75, 3.05) is 6.61 Å². The second-order valence-corrected chi connectivity index (χ2v) is 13.4. The Balaban J connectivity index is 1.22. The highest BCUT2D eigenvalue weighted by Gasteiger charge is 2.71. The largest absolute Gasteiger partial charge is 0.458 e. The van der Waals surface area contributed by atoms with Crippen LogP contribution >= 0.6 is 0 Å². The molecule has 4 aliphatic carbocycles. The lowest BCUT2D eigenvalue weighted by molar-refractivity contribution is -0.317. The number of carbonyl (C=O) groups excluding carboxylic acids is 2. The number of aliphatic hydroxyl groups excluding tert-OH is 3. The summed E-state index contributed by atoms with van der Waals surface area (Å²) in [5, 5.41) is 55.0. The average Bonchev–Trinajstić information content (AvgIpc) is 3.45. The highest BCUT2D eigenvalue weighted by Crippen LogP contribution is 2.70. The fraction of sp³-hybridized carbons (Fsp3) is 0.862. The van der Waals surface area contributed by atoms with Crippen molar-refractivity contribution in [2.24, 2.45) is 28.6 Å². The summed E-state index contributed by atoms with van der Waals surface area (Å²) in [5.74, 6) is -0.616. The first-order valence-corrected chi connectivity index (χ1v) is 14.5. The first-order valence-electron chi connectivity index (χ1n) is 14.5. The van der Waals surface area contributed by atoms with Crippen LogP contribution in [-0.2, 0) is 23.8 Å². The van der Waals surface area contributed by atoms with Crippen LogP contribution in [0.5, 0.6) is 0 Å². The van der Waals surface area contributed by atoms with Crippen molar-refractivity contribution in [3.8, 4) is 0 Å². The lowest BCUT2D eigenvalue weighted by Crippen LogP contribution is -2.69. The first kappa shape index (κ1) is 27.8. The number of rotatable bonds is 4. The van der Waals surface area contributed by atoms with Crippen LogP contribution in [0.1, 0.15) is 71.6 Å². The van der Waals surface area contributed by atoms with Crippen LogP contribution in [0.15, 0.2) is 11.6 Å². The molecule has 2 heterocycles. The molecule has 0 amide bonds. The predicted octanol–water partition coefficient (Wildman–Crippen LogP) is 0.750. The van der Waals surface area contributed by atoms with Gasteiger partial charge in [-0.15, -0.1) is 0 Å². The minimum atomic E-state index is -1.43. The number of hydrogen-bond acceptors (Lipinski definition) is 10. The molecule has 39 heavy (non-hydrogen) atoms. The molecule has 1 saturated heterocycles. The van der Waals surface area contributed by atoms with Crippen LogP contribution < -0.4 is 0 Å². The molecule has 2 aliphatic heterocycles. The minimum Gasteiger partial charge on any atom is -0.458 e. The van der Waals surface area contributed by atoms with Crippen molar-refractivity contribution < 1.29 is 49.3 Å². The Hall–Kier alpha value is -1.40. The Kier molecular flexibility index (Phi) is 6.62. The zero-order valence-corrected chi connectivity index (χ0v) is 22.7. The van der Waals surface area contributed by atoms with Gasteiger partial charge in [-0.1, -0.05) is 6.92 Å². The van der Waals surface area contributed by atoms with Gasteiger partial charge in [0.15, 0.2) is 6.29 Å². The molecule has 0 unspecified atom stereocenters. The van der Waals surface area contributed by atoms with Gasteiger partial charge in [-0.3, -0.25) is 0 Å². The van der Waals surface area contributed by atoms with Crippen LogP contribution in [0.25, 0.3) is 0 Å². The third-order valence-electron chi connectivity index (χ3n) is 12.0. The van der Waals surface area contributed by atoms with Crippen molar-refractivity contribution >= 4 is 12.3 Å². The summed E-state index contributed by atoms with van der Waals surface area (Å²) >= 11 is 0. The molecular formula is C29H42O10. The lowest BCUT2D eigenvalue weighted by atomic mass is 9.41. The molecule has 6 rings (SSSR count). The molecule has 0 aromatic heterocycles. The van der Waals surface area contributed by atoms with E-state index in [1.165, 1.54) is 0 Å². The molecule has 4 saturated carbocycles. The van der Waals surface area contributed by atoms with Gasteiger partial charge >= 0.3 is 5.97 Å². The maximum atomic E-state index is 13.0. The Morgan fingerprint density at radius 2 is 1.72 bits per heavy atom. The van der Waals surface area contributed by atoms with Crippen molar-refractivity contribution in [3.05, 3.63) is 11.6 Å². The maximum Gasteiger partial charge on any atom is 0.331 e. The van der Waals surface area contributed by atoms with Crippen LogP contribution in [0.3, 0.4) is 0 Å². The van der Waals surface area contributed by atoms with Gasteiger partial charge < -0.3 is 44.5 Å². The van der Waals surface area contributed by atoms with Gasteiger partial charge in [0.25, 0.3) is 0 Å². The van der Waals surface area contributed by atoms with Gasteiger partial charge in [0.1, 0.15) is 31.2 Å². The fourth-order valence-corrected chi connectivity index (χ4v) is 9.75. The summed E-state index contributed by atoms with van der Waals surface area (Å²) in [4.78, 5) is 24.8. The molecule has 0 aromatic rings. The average molecular weight is 551 g/mol. The Morgan fingerprint density at radius 3 is 2.41 bits per heavy atom. The lowest BCUT2D eigenvalue weighted by Gasteiger charge is -2.65. The zero-order chi connectivity index (χ0) is 28.0. The summed E-state index contributed by atoms with van der Waals surface area (Å²) in [6.07, 6.45) is 0.689. The van der Waals surface area contributed by atoms with Crippen LogP contribution in [-0.4, -0.2) is 92.4 Å². The Morgan fingerprint density at radius 1 is 0.974 bits per heavy atom. The third-order valence-corrected chi connectivity index (χ3v) is 12.0. The SMILES string of the molecule is C[C@H]1O[C@H](O[C@@H]2CC[C@]3(C=O)[C@H]4CC[C@]5(C)[C@H](C6=CC(=O)OC6)CC[C@]5(O)[C@@H]4CC[C@]3(O)C2)[C@H](O)[C@H](O)[C@@H]1O. The molecule has 218 valence electrons. The van der Waals surface area contributed by atoms with Gasteiger partial charge in [0.05, 0.1) is 28.8 Å². The number of aliphatic hydroxyl groups is 5. The molecule has 5 fully saturated rings. The van der Waals surface area contributed by atoms with E-state index in [4.69, 9.17) is 14.2 Å². The molecule has 6 aliphatic rings.